The van der Waals surface area contributed by atoms with Gasteiger partial charge in [-0.15, -0.1) is 5.10 Å². The first-order chi connectivity index (χ1) is 5.79. The van der Waals surface area contributed by atoms with Crippen molar-refractivity contribution in [1.82, 2.24) is 10.3 Å². The Balaban J connectivity index is 2.31. The van der Waals surface area contributed by atoms with E-state index >= 15 is 0 Å². The molecule has 1 aliphatic heterocycles. The number of amidine groups is 1. The van der Waals surface area contributed by atoms with Crippen molar-refractivity contribution in [3.8, 4) is 12.0 Å². The number of hydrazone groups is 1. The van der Waals surface area contributed by atoms with Gasteiger partial charge in [-0.3, -0.25) is 4.79 Å². The highest BCUT2D eigenvalue weighted by Gasteiger charge is 2.28. The molecule has 1 rings (SSSR count). The second kappa shape index (κ2) is 3.77. The van der Waals surface area contributed by atoms with Crippen LogP contribution in [0.4, 0.5) is 0 Å². The molecule has 0 aromatic heterocycles. The molecule has 1 amide bonds. The summed E-state index contributed by atoms with van der Waals surface area (Å²) in [5, 5.41) is 7.98. The first kappa shape index (κ1) is 8.60. The zero-order chi connectivity index (χ0) is 8.97. The van der Waals surface area contributed by atoms with Crippen molar-refractivity contribution in [3.63, 3.8) is 0 Å². The maximum absolute atomic E-state index is 9.92. The molecule has 12 heavy (non-hydrogen) atoms. The Morgan fingerprint density at radius 1 is 1.75 bits per heavy atom. The average molecular weight is 164 g/mol. The van der Waals surface area contributed by atoms with Crippen molar-refractivity contribution in [3.05, 3.63) is 0 Å². The van der Waals surface area contributed by atoms with Crippen LogP contribution in [0.15, 0.2) is 5.10 Å². The highest BCUT2D eigenvalue weighted by Crippen LogP contribution is 2.10. The summed E-state index contributed by atoms with van der Waals surface area (Å²) >= 11 is 0. The summed E-state index contributed by atoms with van der Waals surface area (Å²) in [6.07, 6.45) is 2.42. The lowest BCUT2D eigenvalue weighted by atomic mass is 10.3. The van der Waals surface area contributed by atoms with Crippen LogP contribution in [0, 0.1) is 12.0 Å². The monoisotopic (exact) mass is 164 g/mol. The van der Waals surface area contributed by atoms with E-state index in [2.05, 4.69) is 22.4 Å². The lowest BCUT2D eigenvalue weighted by Crippen LogP contribution is -2.30. The van der Waals surface area contributed by atoms with Crippen molar-refractivity contribution in [2.45, 2.75) is 26.3 Å². The SMILES string of the molecule is CCC#CN1N=C1C(C)N[C]=O. The number of rotatable bonds is 3. The second-order valence-electron chi connectivity index (χ2n) is 2.38. The van der Waals surface area contributed by atoms with Gasteiger partial charge in [-0.2, -0.15) is 5.01 Å². The van der Waals surface area contributed by atoms with Crippen LogP contribution in [0.3, 0.4) is 0 Å². The Hall–Kier alpha value is -1.50. The van der Waals surface area contributed by atoms with Gasteiger partial charge in [-0.05, 0) is 6.92 Å². The highest BCUT2D eigenvalue weighted by molar-refractivity contribution is 5.97. The number of amides is 1. The van der Waals surface area contributed by atoms with Gasteiger partial charge < -0.3 is 5.32 Å². The van der Waals surface area contributed by atoms with Crippen LogP contribution in [0.5, 0.6) is 0 Å². The third-order valence-electron chi connectivity index (χ3n) is 1.40. The Kier molecular flexibility index (Phi) is 2.70. The standard InChI is InChI=1S/C8H10N3O/c1-3-4-5-11-8(10-11)7(2)9-6-12/h7H,3H2,1-2H3,(H,9,12). The minimum absolute atomic E-state index is 0.0892. The Morgan fingerprint density at radius 2 is 2.50 bits per heavy atom. The summed E-state index contributed by atoms with van der Waals surface area (Å²) < 4.78 is 0. The largest absolute Gasteiger partial charge is 0.338 e. The minimum atomic E-state index is -0.0892. The first-order valence-corrected chi connectivity index (χ1v) is 3.79. The molecule has 0 spiro atoms. The van der Waals surface area contributed by atoms with Crippen LogP contribution in [0.1, 0.15) is 20.3 Å². The van der Waals surface area contributed by atoms with E-state index in [0.717, 1.165) is 12.3 Å². The van der Waals surface area contributed by atoms with Crippen molar-refractivity contribution in [2.75, 3.05) is 0 Å². The lowest BCUT2D eigenvalue weighted by Gasteiger charge is -2.00. The van der Waals surface area contributed by atoms with Gasteiger partial charge in [0, 0.05) is 12.5 Å². The fourth-order valence-corrected chi connectivity index (χ4v) is 0.739. The Morgan fingerprint density at radius 3 is 3.08 bits per heavy atom. The van der Waals surface area contributed by atoms with E-state index in [0.29, 0.717) is 0 Å². The van der Waals surface area contributed by atoms with Crippen LogP contribution in [0.2, 0.25) is 0 Å². The molecule has 63 valence electrons. The van der Waals surface area contributed by atoms with E-state index in [-0.39, 0.29) is 6.04 Å². The van der Waals surface area contributed by atoms with E-state index in [1.807, 2.05) is 13.8 Å². The minimum Gasteiger partial charge on any atom is -0.338 e. The van der Waals surface area contributed by atoms with E-state index < -0.39 is 0 Å². The van der Waals surface area contributed by atoms with Crippen molar-refractivity contribution in [1.29, 1.82) is 0 Å². The van der Waals surface area contributed by atoms with Crippen LogP contribution < -0.4 is 5.32 Å². The normalized spacial score (nSPS) is 15.5. The highest BCUT2D eigenvalue weighted by atomic mass is 16.1. The van der Waals surface area contributed by atoms with Crippen LogP contribution in [-0.2, 0) is 4.79 Å². The van der Waals surface area contributed by atoms with Gasteiger partial charge >= 0.3 is 6.41 Å². The van der Waals surface area contributed by atoms with Crippen LogP contribution in [0.25, 0.3) is 0 Å². The molecule has 0 aromatic rings. The topological polar surface area (TPSA) is 44.5 Å². The molecule has 0 saturated heterocycles. The third-order valence-corrected chi connectivity index (χ3v) is 1.40. The predicted molar refractivity (Wildman–Crippen MR) is 45.6 cm³/mol. The lowest BCUT2D eigenvalue weighted by molar-refractivity contribution is 0.539. The molecular formula is C8H10N3O. The zero-order valence-corrected chi connectivity index (χ0v) is 7.09. The molecule has 1 unspecified atom stereocenters. The number of nitrogens with one attached hydrogen (secondary N) is 1. The fourth-order valence-electron chi connectivity index (χ4n) is 0.739. The molecule has 0 saturated carbocycles. The molecule has 0 aliphatic carbocycles. The molecule has 1 heterocycles. The molecule has 1 radical (unpaired) electrons. The summed E-state index contributed by atoms with van der Waals surface area (Å²) in [5.74, 6) is 3.66. The zero-order valence-electron chi connectivity index (χ0n) is 7.09. The predicted octanol–water partition coefficient (Wildman–Crippen LogP) is 0.0317. The van der Waals surface area contributed by atoms with E-state index in [4.69, 9.17) is 0 Å². The van der Waals surface area contributed by atoms with Gasteiger partial charge in [0.2, 0.25) is 0 Å². The second-order valence-corrected chi connectivity index (χ2v) is 2.38. The first-order valence-electron chi connectivity index (χ1n) is 3.79. The maximum atomic E-state index is 9.92. The maximum Gasteiger partial charge on any atom is 0.309 e. The molecule has 0 fully saturated rings. The number of hydrogen-bond donors (Lipinski definition) is 1. The summed E-state index contributed by atoms with van der Waals surface area (Å²) in [5.41, 5.74) is 0. The van der Waals surface area contributed by atoms with E-state index in [1.54, 1.807) is 11.4 Å². The van der Waals surface area contributed by atoms with Gasteiger partial charge in [-0.1, -0.05) is 12.8 Å². The Bertz CT molecular complexity index is 261. The molecule has 1 atom stereocenters. The van der Waals surface area contributed by atoms with Gasteiger partial charge in [-0.25, -0.2) is 0 Å². The van der Waals surface area contributed by atoms with Crippen molar-refractivity contribution < 1.29 is 4.79 Å². The summed E-state index contributed by atoms with van der Waals surface area (Å²) in [4.78, 5) is 9.92. The van der Waals surface area contributed by atoms with E-state index in [1.165, 1.54) is 0 Å². The van der Waals surface area contributed by atoms with Gasteiger partial charge in [0.15, 0.2) is 5.84 Å². The summed E-state index contributed by atoms with van der Waals surface area (Å²) in [6.45, 7) is 3.80. The van der Waals surface area contributed by atoms with Crippen molar-refractivity contribution >= 4 is 12.2 Å². The number of carbonyl (C=O) groups excluding carboxylic acids is 1. The van der Waals surface area contributed by atoms with Crippen molar-refractivity contribution in [2.24, 2.45) is 5.10 Å². The third kappa shape index (κ3) is 1.99. The summed E-state index contributed by atoms with van der Waals surface area (Å²) in [7, 11) is 0. The molecule has 4 nitrogen and oxygen atoms in total. The quantitative estimate of drug-likeness (QED) is 0.472. The smallest absolute Gasteiger partial charge is 0.309 e. The fraction of sp³-hybridized carbons (Fsp3) is 0.500. The molecule has 0 aromatic carbocycles. The van der Waals surface area contributed by atoms with Crippen LogP contribution in [-0.4, -0.2) is 23.3 Å². The molecule has 0 bridgehead atoms. The molecule has 4 heteroatoms. The van der Waals surface area contributed by atoms with Gasteiger partial charge in [0.05, 0.1) is 6.04 Å². The summed E-state index contributed by atoms with van der Waals surface area (Å²) in [6, 6.07) is 2.72. The van der Waals surface area contributed by atoms with Gasteiger partial charge in [0.1, 0.15) is 0 Å². The number of hydrogen-bond acceptors (Lipinski definition) is 3. The molecule has 1 N–H and O–H groups in total. The number of nitrogens with zero attached hydrogens (tertiary/aromatic N) is 2. The van der Waals surface area contributed by atoms with E-state index in [9.17, 15) is 4.79 Å². The molecular weight excluding hydrogens is 154 g/mol. The Labute approximate surface area is 71.6 Å². The van der Waals surface area contributed by atoms with Gasteiger partial charge in [0.25, 0.3) is 0 Å². The average Bonchev–Trinajstić information content (AvgIpc) is 2.80. The molecule has 1 aliphatic rings. The van der Waals surface area contributed by atoms with Crippen LogP contribution >= 0.6 is 0 Å².